The van der Waals surface area contributed by atoms with Crippen LogP contribution in [0.25, 0.3) is 11.1 Å². The zero-order chi connectivity index (χ0) is 19.0. The Hall–Kier alpha value is -2.11. The molecule has 27 heavy (non-hydrogen) atoms. The van der Waals surface area contributed by atoms with Crippen molar-refractivity contribution in [1.29, 1.82) is 0 Å². The van der Waals surface area contributed by atoms with E-state index in [0.717, 1.165) is 22.5 Å². The summed E-state index contributed by atoms with van der Waals surface area (Å²) in [6.45, 7) is 9.43. The highest BCUT2D eigenvalue weighted by Crippen LogP contribution is 2.45. The predicted molar refractivity (Wildman–Crippen MR) is 116 cm³/mol. The van der Waals surface area contributed by atoms with Crippen LogP contribution in [-0.2, 0) is 5.54 Å². The molecular formula is C22H24N2OS2. The van der Waals surface area contributed by atoms with Gasteiger partial charge in [0, 0.05) is 16.8 Å². The van der Waals surface area contributed by atoms with Crippen molar-refractivity contribution in [2.24, 2.45) is 4.99 Å². The lowest BCUT2D eigenvalue weighted by Crippen LogP contribution is -2.31. The second-order valence-electron chi connectivity index (χ2n) is 7.40. The van der Waals surface area contributed by atoms with Crippen LogP contribution in [0, 0.1) is 6.92 Å². The highest BCUT2D eigenvalue weighted by molar-refractivity contribution is 7.68. The van der Waals surface area contributed by atoms with Crippen LogP contribution in [0.5, 0.6) is 5.75 Å². The summed E-state index contributed by atoms with van der Waals surface area (Å²) in [5.74, 6) is 0.851. The molecule has 0 saturated carbocycles. The van der Waals surface area contributed by atoms with Gasteiger partial charge in [-0.05, 0) is 51.0 Å². The Balaban J connectivity index is 1.90. The van der Waals surface area contributed by atoms with Gasteiger partial charge in [-0.1, -0.05) is 51.9 Å². The van der Waals surface area contributed by atoms with Gasteiger partial charge in [0.25, 0.3) is 0 Å². The van der Waals surface area contributed by atoms with Crippen LogP contribution in [0.1, 0.15) is 37.6 Å². The van der Waals surface area contributed by atoms with Crippen LogP contribution in [0.4, 0.5) is 11.4 Å². The Bertz CT molecular complexity index is 1050. The second-order valence-corrected chi connectivity index (χ2v) is 9.53. The molecule has 5 heteroatoms. The minimum Gasteiger partial charge on any atom is -0.491 e. The molecule has 3 nitrogen and oxygen atoms in total. The van der Waals surface area contributed by atoms with Crippen molar-refractivity contribution in [3.63, 3.8) is 0 Å². The summed E-state index contributed by atoms with van der Waals surface area (Å²) in [6.07, 6.45) is 0.984. The van der Waals surface area contributed by atoms with Gasteiger partial charge in [0.15, 0.2) is 0 Å². The maximum Gasteiger partial charge on any atom is 0.144 e. The second kappa shape index (κ2) is 7.13. The van der Waals surface area contributed by atoms with Crippen LogP contribution in [-0.4, -0.2) is 6.61 Å². The van der Waals surface area contributed by atoms with Crippen LogP contribution in [0.2, 0.25) is 0 Å². The van der Waals surface area contributed by atoms with Gasteiger partial charge in [0.2, 0.25) is 0 Å². The summed E-state index contributed by atoms with van der Waals surface area (Å²) >= 11 is 0. The molecule has 0 radical (unpaired) electrons. The van der Waals surface area contributed by atoms with E-state index >= 15 is 0 Å². The van der Waals surface area contributed by atoms with Gasteiger partial charge in [-0.15, -0.1) is 0 Å². The van der Waals surface area contributed by atoms with Gasteiger partial charge >= 0.3 is 0 Å². The van der Waals surface area contributed by atoms with Gasteiger partial charge in [-0.3, -0.25) is 0 Å². The number of para-hydroxylation sites is 2. The number of hydrogen-bond acceptors (Lipinski definition) is 5. The highest BCUT2D eigenvalue weighted by Gasteiger charge is 2.33. The lowest BCUT2D eigenvalue weighted by atomic mass is 9.89. The molecule has 0 bridgehead atoms. The fourth-order valence-electron chi connectivity index (χ4n) is 3.36. The van der Waals surface area contributed by atoms with Crippen LogP contribution >= 0.6 is 20.7 Å². The fraction of sp³-hybridized carbons (Fsp3) is 0.318. The third-order valence-electron chi connectivity index (χ3n) is 4.65. The fourth-order valence-corrected chi connectivity index (χ4v) is 6.29. The van der Waals surface area contributed by atoms with Crippen molar-refractivity contribution in [2.75, 3.05) is 11.9 Å². The standard InChI is InChI=1S/C22H24N2OS2/c1-5-12-25-18-9-7-6-8-16(18)23-21-19-15-11-10-14(2)13-17(15)24-22(3,4)20(19)26-27-21/h6-11,13,24H,5,12H2,1-4H3. The van der Waals surface area contributed by atoms with Crippen molar-refractivity contribution < 1.29 is 4.74 Å². The first-order chi connectivity index (χ1) is 13.0. The van der Waals surface area contributed by atoms with E-state index in [0.29, 0.717) is 6.61 Å². The monoisotopic (exact) mass is 396 g/mol. The Labute approximate surface area is 167 Å². The van der Waals surface area contributed by atoms with Crippen molar-refractivity contribution in [3.8, 4) is 16.9 Å². The molecule has 1 N–H and O–H groups in total. The van der Waals surface area contributed by atoms with E-state index in [9.17, 15) is 0 Å². The molecular weight excluding hydrogens is 372 g/mol. The van der Waals surface area contributed by atoms with Crippen LogP contribution in [0.3, 0.4) is 0 Å². The van der Waals surface area contributed by atoms with Gasteiger partial charge in [0.1, 0.15) is 16.1 Å². The smallest absolute Gasteiger partial charge is 0.144 e. The van der Waals surface area contributed by atoms with Crippen molar-refractivity contribution in [1.82, 2.24) is 0 Å². The molecule has 1 aliphatic heterocycles. The topological polar surface area (TPSA) is 33.6 Å². The van der Waals surface area contributed by atoms with E-state index in [1.165, 1.54) is 27.3 Å². The Morgan fingerprint density at radius 2 is 1.93 bits per heavy atom. The number of benzene rings is 2. The Kier molecular flexibility index (Phi) is 4.82. The molecule has 0 saturated heterocycles. The average Bonchev–Trinajstić information content (AvgIpc) is 3.05. The molecule has 0 spiro atoms. The van der Waals surface area contributed by atoms with Crippen LogP contribution < -0.4 is 14.7 Å². The molecule has 1 aliphatic rings. The first kappa shape index (κ1) is 18.3. The summed E-state index contributed by atoms with van der Waals surface area (Å²) in [4.78, 5) is 6.37. The molecule has 0 aliphatic carbocycles. The number of nitrogens with one attached hydrogen (secondary N) is 1. The molecule has 0 fully saturated rings. The summed E-state index contributed by atoms with van der Waals surface area (Å²) in [7, 11) is 3.56. The molecule has 1 aromatic heterocycles. The molecule has 0 atom stereocenters. The zero-order valence-corrected chi connectivity index (χ0v) is 17.8. The highest BCUT2D eigenvalue weighted by atomic mass is 32.9. The predicted octanol–water partition coefficient (Wildman–Crippen LogP) is 6.47. The van der Waals surface area contributed by atoms with Crippen molar-refractivity contribution >= 4 is 32.1 Å². The molecule has 2 heterocycles. The number of fused-ring (bicyclic) bond motifs is 3. The van der Waals surface area contributed by atoms with E-state index in [-0.39, 0.29) is 5.54 Å². The molecule has 0 unspecified atom stereocenters. The third-order valence-corrected chi connectivity index (χ3v) is 7.29. The summed E-state index contributed by atoms with van der Waals surface area (Å²) in [6, 6.07) is 14.7. The number of anilines is 1. The Morgan fingerprint density at radius 3 is 2.74 bits per heavy atom. The summed E-state index contributed by atoms with van der Waals surface area (Å²) < 4.78 is 6.96. The molecule has 0 amide bonds. The van der Waals surface area contributed by atoms with E-state index < -0.39 is 0 Å². The third kappa shape index (κ3) is 3.42. The summed E-state index contributed by atoms with van der Waals surface area (Å²) in [5.41, 5.74) is 5.73. The number of aryl methyl sites for hydroxylation is 1. The minimum atomic E-state index is -0.108. The number of hydrogen-bond donors (Lipinski definition) is 1. The number of nitrogens with zero attached hydrogens (tertiary/aromatic N) is 1. The maximum absolute atomic E-state index is 5.91. The van der Waals surface area contributed by atoms with E-state index in [2.05, 4.69) is 51.2 Å². The quantitative estimate of drug-likeness (QED) is 0.513. The SMILES string of the molecule is CCCOc1ccccc1N=c1ssc2c1-c1ccc(C)cc1NC2(C)C. The first-order valence-electron chi connectivity index (χ1n) is 9.29. The number of ether oxygens (including phenoxy) is 1. The molecule has 4 rings (SSSR count). The van der Waals surface area contributed by atoms with Gasteiger partial charge in [0.05, 0.1) is 17.0 Å². The number of rotatable bonds is 4. The van der Waals surface area contributed by atoms with E-state index in [1.807, 2.05) is 34.6 Å². The van der Waals surface area contributed by atoms with Crippen molar-refractivity contribution in [2.45, 2.75) is 39.7 Å². The lowest BCUT2D eigenvalue weighted by Gasteiger charge is -2.33. The van der Waals surface area contributed by atoms with Crippen molar-refractivity contribution in [3.05, 3.63) is 57.6 Å². The van der Waals surface area contributed by atoms with E-state index in [4.69, 9.17) is 9.73 Å². The van der Waals surface area contributed by atoms with Gasteiger partial charge < -0.3 is 10.1 Å². The van der Waals surface area contributed by atoms with Gasteiger partial charge in [-0.25, -0.2) is 4.99 Å². The molecule has 140 valence electrons. The normalized spacial score (nSPS) is 15.0. The molecule has 3 aromatic rings. The molecule has 2 aromatic carbocycles. The average molecular weight is 397 g/mol. The zero-order valence-electron chi connectivity index (χ0n) is 16.1. The van der Waals surface area contributed by atoms with Gasteiger partial charge in [-0.2, -0.15) is 0 Å². The largest absolute Gasteiger partial charge is 0.491 e. The Morgan fingerprint density at radius 1 is 1.11 bits per heavy atom. The maximum atomic E-state index is 5.91. The first-order valence-corrected chi connectivity index (χ1v) is 11.4. The van der Waals surface area contributed by atoms with Crippen LogP contribution in [0.15, 0.2) is 47.5 Å². The lowest BCUT2D eigenvalue weighted by molar-refractivity contribution is 0.318. The van der Waals surface area contributed by atoms with E-state index in [1.54, 1.807) is 10.3 Å². The summed E-state index contributed by atoms with van der Waals surface area (Å²) in [5, 5.41) is 3.70. The minimum absolute atomic E-state index is 0.108.